The van der Waals surface area contributed by atoms with Gasteiger partial charge in [0, 0.05) is 17.4 Å². The van der Waals surface area contributed by atoms with Crippen molar-refractivity contribution >= 4 is 15.9 Å². The molecule has 4 nitrogen and oxygen atoms in total. The minimum Gasteiger partial charge on any atom is -0.292 e. The van der Waals surface area contributed by atoms with E-state index >= 15 is 0 Å². The van der Waals surface area contributed by atoms with Crippen molar-refractivity contribution in [2.45, 2.75) is 58.2 Å². The molecule has 18 heavy (non-hydrogen) atoms. The molecule has 0 amide bonds. The Morgan fingerprint density at radius 1 is 1.39 bits per heavy atom. The van der Waals surface area contributed by atoms with Crippen molar-refractivity contribution in [1.29, 1.82) is 0 Å². The molecule has 0 bridgehead atoms. The van der Waals surface area contributed by atoms with E-state index in [4.69, 9.17) is 0 Å². The minimum atomic E-state index is 0.386. The number of likely N-dealkylation sites (tertiary alicyclic amines) is 1. The third-order valence-electron chi connectivity index (χ3n) is 3.66. The molecule has 1 aliphatic heterocycles. The molecule has 102 valence electrons. The van der Waals surface area contributed by atoms with Gasteiger partial charge in [-0.3, -0.25) is 4.90 Å². The maximum absolute atomic E-state index is 4.43. The van der Waals surface area contributed by atoms with Gasteiger partial charge in [0.2, 0.25) is 0 Å². The number of rotatable bonds is 4. The number of nitrogens with zero attached hydrogens (tertiary/aromatic N) is 4. The van der Waals surface area contributed by atoms with Gasteiger partial charge in [-0.25, -0.2) is 9.67 Å². The van der Waals surface area contributed by atoms with E-state index in [-0.39, 0.29) is 0 Å². The monoisotopic (exact) mass is 314 g/mol. The van der Waals surface area contributed by atoms with Gasteiger partial charge in [0.15, 0.2) is 0 Å². The summed E-state index contributed by atoms with van der Waals surface area (Å²) in [6, 6.07) is 1.03. The van der Waals surface area contributed by atoms with Gasteiger partial charge < -0.3 is 0 Å². The molecule has 2 rings (SSSR count). The first-order chi connectivity index (χ1) is 8.72. The van der Waals surface area contributed by atoms with Crippen LogP contribution in [0.2, 0.25) is 0 Å². The second kappa shape index (κ2) is 6.66. The third kappa shape index (κ3) is 3.32. The van der Waals surface area contributed by atoms with Crippen molar-refractivity contribution < 1.29 is 0 Å². The van der Waals surface area contributed by atoms with Gasteiger partial charge >= 0.3 is 0 Å². The Labute approximate surface area is 118 Å². The topological polar surface area (TPSA) is 34.0 Å². The third-order valence-corrected chi connectivity index (χ3v) is 4.41. The zero-order chi connectivity index (χ0) is 13.0. The van der Waals surface area contributed by atoms with Crippen molar-refractivity contribution in [3.8, 4) is 0 Å². The van der Waals surface area contributed by atoms with Gasteiger partial charge in [-0.2, -0.15) is 5.10 Å². The predicted molar refractivity (Wildman–Crippen MR) is 76.9 cm³/mol. The maximum atomic E-state index is 4.43. The molecule has 0 saturated carbocycles. The molecule has 0 spiro atoms. The van der Waals surface area contributed by atoms with E-state index in [1.165, 1.54) is 32.2 Å². The SMILES string of the molecule is CC(C)n1ncnc1CN1CCCCCC1CBr. The summed E-state index contributed by atoms with van der Waals surface area (Å²) in [6.07, 6.45) is 6.98. The van der Waals surface area contributed by atoms with E-state index in [0.717, 1.165) is 17.7 Å². The second-order valence-corrected chi connectivity index (χ2v) is 5.99. The number of halogens is 1. The van der Waals surface area contributed by atoms with Gasteiger partial charge in [-0.15, -0.1) is 0 Å². The van der Waals surface area contributed by atoms with Gasteiger partial charge in [0.25, 0.3) is 0 Å². The molecule has 1 aromatic rings. The van der Waals surface area contributed by atoms with Gasteiger partial charge in [0.1, 0.15) is 12.2 Å². The number of aromatic nitrogens is 3. The van der Waals surface area contributed by atoms with E-state index in [1.54, 1.807) is 6.33 Å². The van der Waals surface area contributed by atoms with Crippen LogP contribution in [-0.4, -0.2) is 37.6 Å². The lowest BCUT2D eigenvalue weighted by atomic mass is 10.1. The van der Waals surface area contributed by atoms with E-state index in [0.29, 0.717) is 12.1 Å². The first-order valence-electron chi connectivity index (χ1n) is 6.90. The summed E-state index contributed by atoms with van der Waals surface area (Å²) < 4.78 is 2.04. The van der Waals surface area contributed by atoms with E-state index < -0.39 is 0 Å². The highest BCUT2D eigenvalue weighted by molar-refractivity contribution is 9.09. The Morgan fingerprint density at radius 3 is 2.94 bits per heavy atom. The molecule has 2 heterocycles. The summed E-state index contributed by atoms with van der Waals surface area (Å²) in [6.45, 7) is 6.42. The zero-order valence-electron chi connectivity index (χ0n) is 11.3. The molecule has 1 aromatic heterocycles. The largest absolute Gasteiger partial charge is 0.292 e. The van der Waals surface area contributed by atoms with Gasteiger partial charge in [0.05, 0.1) is 6.54 Å². The number of hydrogen-bond acceptors (Lipinski definition) is 3. The van der Waals surface area contributed by atoms with Crippen LogP contribution in [0, 0.1) is 0 Å². The van der Waals surface area contributed by atoms with Crippen LogP contribution in [-0.2, 0) is 6.54 Å². The van der Waals surface area contributed by atoms with E-state index in [2.05, 4.69) is 44.8 Å². The van der Waals surface area contributed by atoms with E-state index in [9.17, 15) is 0 Å². The maximum Gasteiger partial charge on any atom is 0.141 e. The Kier molecular flexibility index (Phi) is 5.18. The average Bonchev–Trinajstić information content (AvgIpc) is 2.69. The molecule has 1 saturated heterocycles. The van der Waals surface area contributed by atoms with Crippen LogP contribution >= 0.6 is 15.9 Å². The Morgan fingerprint density at radius 2 is 2.22 bits per heavy atom. The van der Waals surface area contributed by atoms with Crippen LogP contribution in [0.4, 0.5) is 0 Å². The zero-order valence-corrected chi connectivity index (χ0v) is 12.9. The molecule has 5 heteroatoms. The quantitative estimate of drug-likeness (QED) is 0.801. The smallest absolute Gasteiger partial charge is 0.141 e. The summed E-state index contributed by atoms with van der Waals surface area (Å²) in [7, 11) is 0. The highest BCUT2D eigenvalue weighted by Gasteiger charge is 2.22. The Bertz CT molecular complexity index is 364. The fourth-order valence-electron chi connectivity index (χ4n) is 2.62. The predicted octanol–water partition coefficient (Wildman–Crippen LogP) is 3.00. The summed E-state index contributed by atoms with van der Waals surface area (Å²) >= 11 is 3.65. The van der Waals surface area contributed by atoms with Crippen LogP contribution in [0.15, 0.2) is 6.33 Å². The molecule has 1 fully saturated rings. The van der Waals surface area contributed by atoms with E-state index in [1.807, 2.05) is 4.68 Å². The molecule has 0 aliphatic carbocycles. The van der Waals surface area contributed by atoms with Gasteiger partial charge in [-0.1, -0.05) is 28.8 Å². The average molecular weight is 315 g/mol. The molecule has 1 atom stereocenters. The van der Waals surface area contributed by atoms with Crippen LogP contribution in [0.3, 0.4) is 0 Å². The lowest BCUT2D eigenvalue weighted by molar-refractivity contribution is 0.199. The molecule has 0 N–H and O–H groups in total. The fraction of sp³-hybridized carbons (Fsp3) is 0.846. The lowest BCUT2D eigenvalue weighted by Gasteiger charge is -2.28. The highest BCUT2D eigenvalue weighted by atomic mass is 79.9. The summed E-state index contributed by atoms with van der Waals surface area (Å²) in [5, 5.41) is 5.38. The Balaban J connectivity index is 2.07. The molecular weight excluding hydrogens is 292 g/mol. The Hall–Kier alpha value is -0.420. The molecule has 0 aromatic carbocycles. The molecule has 0 radical (unpaired) electrons. The molecule has 1 aliphatic rings. The summed E-state index contributed by atoms with van der Waals surface area (Å²) in [4.78, 5) is 6.99. The summed E-state index contributed by atoms with van der Waals surface area (Å²) in [5.74, 6) is 1.10. The highest BCUT2D eigenvalue weighted by Crippen LogP contribution is 2.20. The van der Waals surface area contributed by atoms with Crippen molar-refractivity contribution in [3.63, 3.8) is 0 Å². The van der Waals surface area contributed by atoms with Crippen LogP contribution in [0.5, 0.6) is 0 Å². The summed E-state index contributed by atoms with van der Waals surface area (Å²) in [5.41, 5.74) is 0. The fourth-order valence-corrected chi connectivity index (χ4v) is 3.35. The second-order valence-electron chi connectivity index (χ2n) is 5.34. The molecule has 1 unspecified atom stereocenters. The standard InChI is InChI=1S/C13H23BrN4/c1-11(2)18-13(15-10-16-18)9-17-7-5-3-4-6-12(17)8-14/h10-12H,3-9H2,1-2H3. The molecular formula is C13H23BrN4. The first kappa shape index (κ1) is 14.0. The lowest BCUT2D eigenvalue weighted by Crippen LogP contribution is -2.36. The first-order valence-corrected chi connectivity index (χ1v) is 8.03. The van der Waals surface area contributed by atoms with Gasteiger partial charge in [-0.05, 0) is 33.2 Å². The van der Waals surface area contributed by atoms with Crippen molar-refractivity contribution in [1.82, 2.24) is 19.7 Å². The van der Waals surface area contributed by atoms with Crippen LogP contribution < -0.4 is 0 Å². The normalized spacial score (nSPS) is 22.3. The van der Waals surface area contributed by atoms with Crippen LogP contribution in [0.25, 0.3) is 0 Å². The number of alkyl halides is 1. The number of hydrogen-bond donors (Lipinski definition) is 0. The van der Waals surface area contributed by atoms with Crippen molar-refractivity contribution in [2.75, 3.05) is 11.9 Å². The van der Waals surface area contributed by atoms with Crippen LogP contribution in [0.1, 0.15) is 51.4 Å². The van der Waals surface area contributed by atoms with Crippen molar-refractivity contribution in [3.05, 3.63) is 12.2 Å². The van der Waals surface area contributed by atoms with Crippen molar-refractivity contribution in [2.24, 2.45) is 0 Å². The minimum absolute atomic E-state index is 0.386.